The summed E-state index contributed by atoms with van der Waals surface area (Å²) < 4.78 is 25.0. The van der Waals surface area contributed by atoms with Gasteiger partial charge in [-0.2, -0.15) is 0 Å². The molecule has 150 valence electrons. The first-order chi connectivity index (χ1) is 12.2. The number of nitrogens with one attached hydrogen (secondary N) is 2. The third kappa shape index (κ3) is 4.49. The highest BCUT2D eigenvalue weighted by atomic mass is 35.5. The standard InChI is InChI=1S/C20H28N2O3S.ClH/c1-13(19(23)17-3-5-18(6-4-17)22-26(2,24)25)21-20-10-14-7-15(11-20)9-16(8-14)12-20;/h3-6,13-16,21-22H,7-12H2,1-2H3;1H/t13-,14?,15?,16?,20?;/m0./s1. The van der Waals surface area contributed by atoms with E-state index in [1.54, 1.807) is 24.3 Å². The van der Waals surface area contributed by atoms with Gasteiger partial charge >= 0.3 is 0 Å². The van der Waals surface area contributed by atoms with Gasteiger partial charge in [-0.25, -0.2) is 8.42 Å². The minimum absolute atomic E-state index is 0. The molecule has 2 N–H and O–H groups in total. The molecule has 7 heteroatoms. The zero-order valence-electron chi connectivity index (χ0n) is 15.9. The van der Waals surface area contributed by atoms with E-state index >= 15 is 0 Å². The van der Waals surface area contributed by atoms with E-state index in [4.69, 9.17) is 0 Å². The van der Waals surface area contributed by atoms with Crippen molar-refractivity contribution in [3.05, 3.63) is 29.8 Å². The predicted octanol–water partition coefficient (Wildman–Crippen LogP) is 3.61. The van der Waals surface area contributed by atoms with Crippen molar-refractivity contribution in [3.8, 4) is 0 Å². The fraction of sp³-hybridized carbons (Fsp3) is 0.650. The van der Waals surface area contributed by atoms with Crippen molar-refractivity contribution in [2.45, 2.75) is 57.0 Å². The van der Waals surface area contributed by atoms with Gasteiger partial charge in [0, 0.05) is 16.8 Å². The van der Waals surface area contributed by atoms with Crippen molar-refractivity contribution >= 4 is 33.9 Å². The van der Waals surface area contributed by atoms with E-state index in [0.717, 1.165) is 24.0 Å². The molecule has 1 aromatic rings. The number of hydrogen-bond donors (Lipinski definition) is 2. The molecular weight excluding hydrogens is 384 g/mol. The molecule has 4 aliphatic carbocycles. The highest BCUT2D eigenvalue weighted by Crippen LogP contribution is 2.55. The maximum absolute atomic E-state index is 12.9. The highest BCUT2D eigenvalue weighted by molar-refractivity contribution is 7.92. The SMILES string of the molecule is C[C@H](NC12CC3CC(CC(C3)C1)C2)C(=O)c1ccc(NS(C)(=O)=O)cc1.Cl. The summed E-state index contributed by atoms with van der Waals surface area (Å²) in [7, 11) is -3.30. The molecule has 4 bridgehead atoms. The van der Waals surface area contributed by atoms with Gasteiger partial charge in [0.15, 0.2) is 5.78 Å². The topological polar surface area (TPSA) is 75.3 Å². The molecule has 5 rings (SSSR count). The maximum atomic E-state index is 12.9. The van der Waals surface area contributed by atoms with Crippen molar-refractivity contribution in [1.29, 1.82) is 0 Å². The second kappa shape index (κ2) is 7.37. The molecule has 0 saturated heterocycles. The van der Waals surface area contributed by atoms with Crippen LogP contribution >= 0.6 is 12.4 Å². The van der Waals surface area contributed by atoms with Gasteiger partial charge in [-0.1, -0.05) is 0 Å². The molecule has 27 heavy (non-hydrogen) atoms. The van der Waals surface area contributed by atoms with E-state index in [2.05, 4.69) is 10.0 Å². The number of Topliss-reactive ketones (excluding diaryl/α,β-unsaturated/α-hetero) is 1. The lowest BCUT2D eigenvalue weighted by Gasteiger charge is -2.57. The second-order valence-corrected chi connectivity index (χ2v) is 10.6. The number of carbonyl (C=O) groups is 1. The molecule has 0 aliphatic heterocycles. The van der Waals surface area contributed by atoms with E-state index in [0.29, 0.717) is 11.3 Å². The Labute approximate surface area is 168 Å². The van der Waals surface area contributed by atoms with Crippen LogP contribution in [-0.2, 0) is 10.0 Å². The summed E-state index contributed by atoms with van der Waals surface area (Å²) in [4.78, 5) is 12.9. The summed E-state index contributed by atoms with van der Waals surface area (Å²) in [5.74, 6) is 2.61. The number of sulfonamides is 1. The van der Waals surface area contributed by atoms with Crippen LogP contribution in [0.2, 0.25) is 0 Å². The van der Waals surface area contributed by atoms with Crippen LogP contribution in [0.3, 0.4) is 0 Å². The minimum Gasteiger partial charge on any atom is -0.302 e. The van der Waals surface area contributed by atoms with E-state index in [1.165, 1.54) is 38.5 Å². The molecule has 1 atom stereocenters. The van der Waals surface area contributed by atoms with Crippen LogP contribution in [-0.4, -0.2) is 32.0 Å². The maximum Gasteiger partial charge on any atom is 0.229 e. The van der Waals surface area contributed by atoms with Gasteiger partial charge < -0.3 is 5.32 Å². The van der Waals surface area contributed by atoms with Crippen LogP contribution in [0.25, 0.3) is 0 Å². The van der Waals surface area contributed by atoms with E-state index in [1.807, 2.05) is 6.92 Å². The van der Waals surface area contributed by atoms with Gasteiger partial charge in [0.25, 0.3) is 0 Å². The smallest absolute Gasteiger partial charge is 0.229 e. The van der Waals surface area contributed by atoms with Gasteiger partial charge in [0.05, 0.1) is 12.3 Å². The van der Waals surface area contributed by atoms with Gasteiger partial charge in [0.1, 0.15) is 0 Å². The summed E-state index contributed by atoms with van der Waals surface area (Å²) >= 11 is 0. The first-order valence-corrected chi connectivity index (χ1v) is 11.5. The third-order valence-electron chi connectivity index (χ3n) is 6.43. The van der Waals surface area contributed by atoms with Crippen molar-refractivity contribution in [2.75, 3.05) is 11.0 Å². The van der Waals surface area contributed by atoms with Crippen molar-refractivity contribution in [2.24, 2.45) is 17.8 Å². The monoisotopic (exact) mass is 412 g/mol. The highest BCUT2D eigenvalue weighted by Gasteiger charge is 2.51. The molecule has 0 radical (unpaired) electrons. The molecule has 0 spiro atoms. The summed E-state index contributed by atoms with van der Waals surface area (Å²) in [5.41, 5.74) is 1.25. The van der Waals surface area contributed by atoms with Crippen LogP contribution < -0.4 is 10.0 Å². The number of rotatable bonds is 6. The average Bonchev–Trinajstić information content (AvgIpc) is 2.51. The van der Waals surface area contributed by atoms with Gasteiger partial charge in [0.2, 0.25) is 10.0 Å². The van der Waals surface area contributed by atoms with Crippen LogP contribution in [0, 0.1) is 17.8 Å². The number of halogens is 1. The van der Waals surface area contributed by atoms with Crippen LogP contribution in [0.4, 0.5) is 5.69 Å². The van der Waals surface area contributed by atoms with Crippen LogP contribution in [0.1, 0.15) is 55.8 Å². The number of hydrogen-bond acceptors (Lipinski definition) is 4. The Balaban J connectivity index is 0.00000210. The summed E-state index contributed by atoms with van der Waals surface area (Å²) in [6.07, 6.45) is 8.92. The molecule has 0 heterocycles. The molecule has 0 unspecified atom stereocenters. The Morgan fingerprint density at radius 1 is 1.04 bits per heavy atom. The summed E-state index contributed by atoms with van der Waals surface area (Å²) in [6, 6.07) is 6.47. The second-order valence-electron chi connectivity index (χ2n) is 8.88. The fourth-order valence-corrected chi connectivity index (χ4v) is 6.54. The van der Waals surface area contributed by atoms with Crippen molar-refractivity contribution in [1.82, 2.24) is 5.32 Å². The zero-order chi connectivity index (χ0) is 18.5. The largest absolute Gasteiger partial charge is 0.302 e. The molecule has 4 fully saturated rings. The minimum atomic E-state index is -3.30. The Morgan fingerprint density at radius 3 is 1.96 bits per heavy atom. The number of ketones is 1. The molecular formula is C20H29ClN2O3S. The Kier molecular flexibility index (Phi) is 5.63. The fourth-order valence-electron chi connectivity index (χ4n) is 5.98. The Bertz CT molecular complexity index is 772. The van der Waals surface area contributed by atoms with Crippen LogP contribution in [0.15, 0.2) is 24.3 Å². The normalized spacial score (nSPS) is 32.6. The van der Waals surface area contributed by atoms with E-state index in [9.17, 15) is 13.2 Å². The summed E-state index contributed by atoms with van der Waals surface area (Å²) in [5, 5.41) is 3.71. The lowest BCUT2D eigenvalue weighted by molar-refractivity contribution is -0.0231. The lowest BCUT2D eigenvalue weighted by atomic mass is 9.53. The first-order valence-electron chi connectivity index (χ1n) is 9.61. The molecule has 0 aromatic heterocycles. The average molecular weight is 413 g/mol. The predicted molar refractivity (Wildman–Crippen MR) is 110 cm³/mol. The third-order valence-corrected chi connectivity index (χ3v) is 7.03. The van der Waals surface area contributed by atoms with Crippen molar-refractivity contribution < 1.29 is 13.2 Å². The number of carbonyl (C=O) groups excluding carboxylic acids is 1. The summed E-state index contributed by atoms with van der Waals surface area (Å²) in [6.45, 7) is 1.96. The molecule has 4 aliphatic rings. The first kappa shape index (κ1) is 20.6. The number of benzene rings is 1. The molecule has 1 aromatic carbocycles. The van der Waals surface area contributed by atoms with Gasteiger partial charge in [-0.05, 0) is 87.5 Å². The molecule has 4 saturated carbocycles. The Morgan fingerprint density at radius 2 is 1.52 bits per heavy atom. The van der Waals surface area contributed by atoms with E-state index in [-0.39, 0.29) is 29.8 Å². The van der Waals surface area contributed by atoms with E-state index < -0.39 is 10.0 Å². The van der Waals surface area contributed by atoms with Gasteiger partial charge in [-0.3, -0.25) is 9.52 Å². The van der Waals surface area contributed by atoms with Gasteiger partial charge in [-0.15, -0.1) is 12.4 Å². The molecule has 5 nitrogen and oxygen atoms in total. The quantitative estimate of drug-likeness (QED) is 0.700. The number of anilines is 1. The molecule has 0 amide bonds. The Hall–Kier alpha value is -1.11. The van der Waals surface area contributed by atoms with Crippen LogP contribution in [0.5, 0.6) is 0 Å². The lowest BCUT2D eigenvalue weighted by Crippen LogP contribution is -2.61. The van der Waals surface area contributed by atoms with Crippen molar-refractivity contribution in [3.63, 3.8) is 0 Å². The zero-order valence-corrected chi connectivity index (χ0v) is 17.5.